The number of hydrogen-bond donors (Lipinski definition) is 1. The lowest BCUT2D eigenvalue weighted by Gasteiger charge is -2.16. The molecule has 21 heavy (non-hydrogen) atoms. The lowest BCUT2D eigenvalue weighted by Crippen LogP contribution is -2.36. The third kappa shape index (κ3) is 4.68. The predicted molar refractivity (Wildman–Crippen MR) is 72.7 cm³/mol. The van der Waals surface area contributed by atoms with Gasteiger partial charge < -0.3 is 10.1 Å². The van der Waals surface area contributed by atoms with E-state index in [0.29, 0.717) is 12.1 Å². The highest BCUT2D eigenvalue weighted by molar-refractivity contribution is 8.13. The van der Waals surface area contributed by atoms with E-state index in [1.807, 2.05) is 0 Å². The van der Waals surface area contributed by atoms with Crippen LogP contribution >= 0.6 is 10.7 Å². The number of halogens is 3. The van der Waals surface area contributed by atoms with Gasteiger partial charge in [-0.2, -0.15) is 0 Å². The zero-order valence-electron chi connectivity index (χ0n) is 10.9. The first-order valence-corrected chi connectivity index (χ1v) is 7.96. The Labute approximate surface area is 125 Å². The number of benzene rings is 1. The number of carbonyl (C=O) groups excluding carboxylic acids is 1. The molecule has 1 amide bonds. The molecule has 1 atom stereocenters. The summed E-state index contributed by atoms with van der Waals surface area (Å²) in [6.07, 6.45) is 0.194. The second-order valence-electron chi connectivity index (χ2n) is 3.95. The van der Waals surface area contributed by atoms with Gasteiger partial charge in [-0.25, -0.2) is 17.2 Å². The van der Waals surface area contributed by atoms with Gasteiger partial charge in [0.15, 0.2) is 17.7 Å². The van der Waals surface area contributed by atoms with Gasteiger partial charge in [-0.3, -0.25) is 4.79 Å². The lowest BCUT2D eigenvalue weighted by atomic mass is 10.3. The van der Waals surface area contributed by atoms with Crippen LogP contribution in [0.15, 0.2) is 29.7 Å². The van der Waals surface area contributed by atoms with Crippen LogP contribution in [-0.2, 0) is 13.8 Å². The van der Waals surface area contributed by atoms with Crippen molar-refractivity contribution >= 4 is 25.6 Å². The fraction of sp³-hybridized carbons (Fsp3) is 0.250. The van der Waals surface area contributed by atoms with Gasteiger partial charge >= 0.3 is 0 Å². The molecule has 5 nitrogen and oxygen atoms in total. The van der Waals surface area contributed by atoms with E-state index in [9.17, 15) is 22.0 Å². The second kappa shape index (κ2) is 6.86. The Bertz CT molecular complexity index is 663. The molecule has 1 unspecified atom stereocenters. The molecule has 0 aromatic heterocycles. The zero-order valence-corrected chi connectivity index (χ0v) is 12.5. The topological polar surface area (TPSA) is 72.5 Å². The van der Waals surface area contributed by atoms with E-state index >= 15 is 0 Å². The van der Waals surface area contributed by atoms with E-state index in [4.69, 9.17) is 15.4 Å². The minimum Gasteiger partial charge on any atom is -0.476 e. The fourth-order valence-electron chi connectivity index (χ4n) is 1.38. The fourth-order valence-corrected chi connectivity index (χ4v) is 2.34. The van der Waals surface area contributed by atoms with Crippen LogP contribution in [-0.4, -0.2) is 27.0 Å². The van der Waals surface area contributed by atoms with Crippen molar-refractivity contribution in [3.8, 4) is 5.75 Å². The number of amides is 1. The predicted octanol–water partition coefficient (Wildman–Crippen LogP) is 1.96. The normalized spacial score (nSPS) is 12.6. The van der Waals surface area contributed by atoms with Gasteiger partial charge in [-0.1, -0.05) is 6.08 Å². The molecule has 0 aliphatic rings. The Morgan fingerprint density at radius 3 is 2.67 bits per heavy atom. The summed E-state index contributed by atoms with van der Waals surface area (Å²) in [7, 11) is 0.652. The Hall–Kier alpha value is -1.67. The molecule has 116 valence electrons. The van der Waals surface area contributed by atoms with E-state index in [2.05, 4.69) is 11.9 Å². The quantitative estimate of drug-likeness (QED) is 0.635. The largest absolute Gasteiger partial charge is 0.476 e. The molecule has 1 aromatic rings. The summed E-state index contributed by atoms with van der Waals surface area (Å²) in [5, 5.41) is 2.38. The van der Waals surface area contributed by atoms with Gasteiger partial charge in [0, 0.05) is 23.3 Å². The Balaban J connectivity index is 3.13. The van der Waals surface area contributed by atoms with E-state index < -0.39 is 43.3 Å². The maximum Gasteiger partial charge on any atom is 0.265 e. The van der Waals surface area contributed by atoms with Gasteiger partial charge in [0.2, 0.25) is 0 Å². The highest BCUT2D eigenvalue weighted by atomic mass is 35.7. The average molecular weight is 340 g/mol. The molecule has 0 aliphatic heterocycles. The Kier molecular flexibility index (Phi) is 5.68. The standard InChI is InChI=1S/C12H12ClF2NO4S/c1-3-4-16-12(17)7(2)20-11-9(15)5-8(14)6-10(11)21(13,18)19/h3,5-7H,1,4H2,2H3,(H,16,17). The Morgan fingerprint density at radius 2 is 2.14 bits per heavy atom. The monoisotopic (exact) mass is 339 g/mol. The molecule has 0 heterocycles. The molecule has 0 spiro atoms. The van der Waals surface area contributed by atoms with E-state index in [1.165, 1.54) is 13.0 Å². The first kappa shape index (κ1) is 17.4. The third-order valence-corrected chi connectivity index (χ3v) is 3.65. The molecule has 1 rings (SSSR count). The number of ether oxygens (including phenoxy) is 1. The molecule has 0 saturated heterocycles. The van der Waals surface area contributed by atoms with Crippen molar-refractivity contribution in [2.24, 2.45) is 0 Å². The molecule has 0 bridgehead atoms. The molecule has 0 aliphatic carbocycles. The first-order chi connectivity index (χ1) is 9.66. The highest BCUT2D eigenvalue weighted by Gasteiger charge is 2.25. The van der Waals surface area contributed by atoms with Crippen LogP contribution in [0.25, 0.3) is 0 Å². The number of carbonyl (C=O) groups is 1. The highest BCUT2D eigenvalue weighted by Crippen LogP contribution is 2.31. The summed E-state index contributed by atoms with van der Waals surface area (Å²) >= 11 is 0. The number of nitrogens with one attached hydrogen (secondary N) is 1. The van der Waals surface area contributed by atoms with Crippen molar-refractivity contribution in [2.45, 2.75) is 17.9 Å². The van der Waals surface area contributed by atoms with Crippen molar-refractivity contribution in [1.82, 2.24) is 5.32 Å². The molecule has 0 radical (unpaired) electrons. The Morgan fingerprint density at radius 1 is 1.52 bits per heavy atom. The van der Waals surface area contributed by atoms with Crippen LogP contribution in [0, 0.1) is 11.6 Å². The van der Waals surface area contributed by atoms with Crippen LogP contribution in [0.2, 0.25) is 0 Å². The average Bonchev–Trinajstić information content (AvgIpc) is 2.37. The smallest absolute Gasteiger partial charge is 0.265 e. The van der Waals surface area contributed by atoms with Crippen molar-refractivity contribution in [1.29, 1.82) is 0 Å². The van der Waals surface area contributed by atoms with Gasteiger partial charge in [-0.15, -0.1) is 6.58 Å². The van der Waals surface area contributed by atoms with Gasteiger partial charge in [0.25, 0.3) is 15.0 Å². The van der Waals surface area contributed by atoms with Gasteiger partial charge in [0.05, 0.1) is 0 Å². The van der Waals surface area contributed by atoms with Crippen LogP contribution < -0.4 is 10.1 Å². The van der Waals surface area contributed by atoms with Crippen LogP contribution in [0.1, 0.15) is 6.92 Å². The second-order valence-corrected chi connectivity index (χ2v) is 6.48. The maximum absolute atomic E-state index is 13.7. The molecule has 1 N–H and O–H groups in total. The van der Waals surface area contributed by atoms with E-state index in [1.54, 1.807) is 0 Å². The van der Waals surface area contributed by atoms with Gasteiger partial charge in [-0.05, 0) is 13.0 Å². The summed E-state index contributed by atoms with van der Waals surface area (Å²) in [6.45, 7) is 4.81. The van der Waals surface area contributed by atoms with Crippen LogP contribution in [0.5, 0.6) is 5.75 Å². The summed E-state index contributed by atoms with van der Waals surface area (Å²) in [6, 6.07) is 0.935. The maximum atomic E-state index is 13.7. The van der Waals surface area contributed by atoms with Crippen LogP contribution in [0.3, 0.4) is 0 Å². The van der Waals surface area contributed by atoms with Crippen molar-refractivity contribution in [3.63, 3.8) is 0 Å². The van der Waals surface area contributed by atoms with Crippen molar-refractivity contribution < 1.29 is 26.7 Å². The molecule has 9 heteroatoms. The number of rotatable bonds is 6. The third-order valence-electron chi connectivity index (χ3n) is 2.32. The van der Waals surface area contributed by atoms with E-state index in [0.717, 1.165) is 0 Å². The molecular formula is C12H12ClF2NO4S. The summed E-state index contributed by atoms with van der Waals surface area (Å²) in [5.41, 5.74) is 0. The summed E-state index contributed by atoms with van der Waals surface area (Å²) in [4.78, 5) is 10.7. The summed E-state index contributed by atoms with van der Waals surface area (Å²) in [5.74, 6) is -3.86. The number of hydrogen-bond acceptors (Lipinski definition) is 4. The summed E-state index contributed by atoms with van der Waals surface area (Å²) < 4.78 is 54.4. The SMILES string of the molecule is C=CCNC(=O)C(C)Oc1c(F)cc(F)cc1S(=O)(=O)Cl. The van der Waals surface area contributed by atoms with Crippen molar-refractivity contribution in [2.75, 3.05) is 6.54 Å². The minimum absolute atomic E-state index is 0.152. The molecule has 0 saturated carbocycles. The zero-order chi connectivity index (χ0) is 16.2. The van der Waals surface area contributed by atoms with Crippen molar-refractivity contribution in [3.05, 3.63) is 36.4 Å². The minimum atomic E-state index is -4.45. The first-order valence-electron chi connectivity index (χ1n) is 5.65. The van der Waals surface area contributed by atoms with Gasteiger partial charge in [0.1, 0.15) is 10.7 Å². The molecular weight excluding hydrogens is 328 g/mol. The van der Waals surface area contributed by atoms with E-state index in [-0.39, 0.29) is 6.54 Å². The molecule has 0 fully saturated rings. The van der Waals surface area contributed by atoms with Crippen LogP contribution in [0.4, 0.5) is 8.78 Å². The lowest BCUT2D eigenvalue weighted by molar-refractivity contribution is -0.127. The molecule has 1 aromatic carbocycles.